The van der Waals surface area contributed by atoms with Gasteiger partial charge in [0.05, 0.1) is 0 Å². The van der Waals surface area contributed by atoms with Gasteiger partial charge in [-0.3, -0.25) is 4.79 Å². The van der Waals surface area contributed by atoms with Crippen LogP contribution in [0.2, 0.25) is 0 Å². The second-order valence-electron chi connectivity index (χ2n) is 5.12. The molecule has 0 radical (unpaired) electrons. The van der Waals surface area contributed by atoms with Crippen molar-refractivity contribution in [3.8, 4) is 0 Å². The first-order chi connectivity index (χ1) is 9.36. The smallest absolute Gasteiger partial charge is 0.138 e. The average Bonchev–Trinajstić information content (AvgIpc) is 2.12. The third-order valence-corrected chi connectivity index (χ3v) is 0.870. The molecule has 0 aliphatic rings. The van der Waals surface area contributed by atoms with Gasteiger partial charge in [0.2, 0.25) is 0 Å². The normalized spacial score (nSPS) is 8.59. The molecule has 0 fully saturated rings. The first-order valence-corrected chi connectivity index (χ1v) is 7.12. The van der Waals surface area contributed by atoms with Crippen molar-refractivity contribution < 1.29 is 56.2 Å². The molecule has 0 amide bonds. The van der Waals surface area contributed by atoms with Crippen LogP contribution in [0.4, 0.5) is 0 Å². The summed E-state index contributed by atoms with van der Waals surface area (Å²) < 4.78 is 0. The summed E-state index contributed by atoms with van der Waals surface area (Å²) in [5.74, 6) is -1.54. The van der Waals surface area contributed by atoms with E-state index < -0.39 is 12.4 Å². The van der Waals surface area contributed by atoms with Crippen LogP contribution in [0.5, 0.6) is 0 Å². The molecule has 0 aliphatic heterocycles. The molecule has 7 heteroatoms. The van der Waals surface area contributed by atoms with Crippen LogP contribution >= 0.6 is 0 Å². The van der Waals surface area contributed by atoms with Gasteiger partial charge in [0.15, 0.2) is 0 Å². The Balaban J connectivity index is -0.0000000632. The number of hydrogen-bond donors (Lipinski definition) is 3. The first kappa shape index (κ1) is 33.5. The van der Waals surface area contributed by atoms with E-state index in [2.05, 4.69) is 0 Å². The third kappa shape index (κ3) is 149. The van der Waals surface area contributed by atoms with Crippen LogP contribution in [0.15, 0.2) is 0 Å². The maximum absolute atomic E-state index is 10.4. The van der Waals surface area contributed by atoms with Gasteiger partial charge in [-0.15, -0.1) is 0 Å². The minimum atomic E-state index is -1.28. The van der Waals surface area contributed by atoms with Crippen molar-refractivity contribution in [2.24, 2.45) is 0 Å². The molecule has 22 heavy (non-hydrogen) atoms. The molecule has 0 heterocycles. The quantitative estimate of drug-likeness (QED) is 0.597. The maximum atomic E-state index is 10.4. The molecule has 0 aliphatic carbocycles. The molecule has 0 aromatic heterocycles. The van der Waals surface area contributed by atoms with E-state index in [1.807, 2.05) is 6.92 Å². The van der Waals surface area contributed by atoms with Gasteiger partial charge in [-0.25, -0.2) is 0 Å². The Morgan fingerprint density at radius 1 is 0.864 bits per heavy atom. The number of ketones is 1. The van der Waals surface area contributed by atoms with Gasteiger partial charge in [-0.2, -0.15) is 0 Å². The second kappa shape index (κ2) is 25.8. The van der Waals surface area contributed by atoms with Gasteiger partial charge in [-0.1, -0.05) is 6.92 Å². The zero-order valence-electron chi connectivity index (χ0n) is 14.9. The Morgan fingerprint density at radius 3 is 1.23 bits per heavy atom. The van der Waals surface area contributed by atoms with Gasteiger partial charge < -0.3 is 25.2 Å². The fraction of sp³-hybridized carbons (Fsp3) is 0.867. The van der Waals surface area contributed by atoms with E-state index >= 15 is 0 Å². The largest absolute Gasteiger partial charge is 0.550 e. The predicted octanol–water partition coefficient (Wildman–Crippen LogP) is 0.654. The molecule has 0 aromatic rings. The zero-order valence-corrected chi connectivity index (χ0v) is 17.4. The van der Waals surface area contributed by atoms with Gasteiger partial charge in [0, 0.05) is 63.3 Å². The van der Waals surface area contributed by atoms with E-state index in [1.54, 1.807) is 41.5 Å². The Bertz CT molecular complexity index is 208. The van der Waals surface area contributed by atoms with Crippen molar-refractivity contribution in [1.82, 2.24) is 0 Å². The summed E-state index contributed by atoms with van der Waals surface area (Å²) in [5.41, 5.74) is 0. The summed E-state index contributed by atoms with van der Waals surface area (Å²) in [5, 5.41) is 33.9. The molecule has 0 atom stereocenters. The summed E-state index contributed by atoms with van der Waals surface area (Å²) in [4.78, 5) is 20.2. The second-order valence-corrected chi connectivity index (χ2v) is 5.12. The van der Waals surface area contributed by atoms with Crippen molar-refractivity contribution in [1.29, 1.82) is 0 Å². The summed E-state index contributed by atoms with van der Waals surface area (Å²) in [6.07, 6.45) is 0.105. The molecular weight excluding hydrogens is 367 g/mol. The standard InChI is InChI=1S/C6H10O3.3C3H8O.Zr/c1-2-3-5(7)4-6(8)9;3*1-3(2)4;/h2-4H2,1H3,(H,8,9);3*3-4H,1-2H3;/p-1. The van der Waals surface area contributed by atoms with Crippen LogP contribution < -0.4 is 5.11 Å². The SMILES string of the molecule is CC(C)O.CC(C)O.CC(C)O.CCCC(=O)CC(=O)[O-].[Zr]. The van der Waals surface area contributed by atoms with Gasteiger partial charge in [0.1, 0.15) is 5.78 Å². The molecule has 0 saturated heterocycles. The first-order valence-electron chi connectivity index (χ1n) is 7.12. The molecule has 0 saturated carbocycles. The summed E-state index contributed by atoms with van der Waals surface area (Å²) in [6, 6.07) is 0. The maximum Gasteiger partial charge on any atom is 0.138 e. The Labute approximate surface area is 154 Å². The van der Waals surface area contributed by atoms with Crippen LogP contribution in [0.25, 0.3) is 0 Å². The minimum Gasteiger partial charge on any atom is -0.550 e. The number of Topliss-reactive ketones (excluding diaryl/α,β-unsaturated/α-hetero) is 1. The Kier molecular flexibility index (Phi) is 39.3. The Morgan fingerprint density at radius 2 is 1.09 bits per heavy atom. The molecule has 134 valence electrons. The molecule has 0 aromatic carbocycles. The van der Waals surface area contributed by atoms with E-state index in [0.29, 0.717) is 12.8 Å². The summed E-state index contributed by atoms with van der Waals surface area (Å²) in [7, 11) is 0. The van der Waals surface area contributed by atoms with Gasteiger partial charge in [0.25, 0.3) is 0 Å². The predicted molar refractivity (Wildman–Crippen MR) is 81.6 cm³/mol. The third-order valence-electron chi connectivity index (χ3n) is 0.870. The number of carboxylic acid groups (broad SMARTS) is 1. The monoisotopic (exact) mass is 399 g/mol. The van der Waals surface area contributed by atoms with Crippen LogP contribution in [0.3, 0.4) is 0 Å². The van der Waals surface area contributed by atoms with Crippen molar-refractivity contribution in [3.63, 3.8) is 0 Å². The molecular formula is C15H33O6Zr-. The van der Waals surface area contributed by atoms with Crippen LogP contribution in [-0.4, -0.2) is 45.4 Å². The number of carbonyl (C=O) groups is 2. The number of aliphatic carboxylic acids is 1. The van der Waals surface area contributed by atoms with Crippen LogP contribution in [-0.2, 0) is 35.8 Å². The van der Waals surface area contributed by atoms with Crippen molar-refractivity contribution in [3.05, 3.63) is 0 Å². The van der Waals surface area contributed by atoms with Gasteiger partial charge >= 0.3 is 0 Å². The number of aliphatic hydroxyl groups is 3. The van der Waals surface area contributed by atoms with Crippen molar-refractivity contribution >= 4 is 11.8 Å². The van der Waals surface area contributed by atoms with Crippen LogP contribution in [0, 0.1) is 0 Å². The number of carboxylic acids is 1. The van der Waals surface area contributed by atoms with E-state index in [9.17, 15) is 14.7 Å². The number of carbonyl (C=O) groups excluding carboxylic acids is 2. The zero-order chi connectivity index (χ0) is 18.0. The van der Waals surface area contributed by atoms with Crippen molar-refractivity contribution in [2.45, 2.75) is 86.0 Å². The molecule has 0 rings (SSSR count). The van der Waals surface area contributed by atoms with E-state index in [-0.39, 0.29) is 50.3 Å². The summed E-state index contributed by atoms with van der Waals surface area (Å²) in [6.45, 7) is 12.2. The Hall–Kier alpha value is -0.0969. The fourth-order valence-electron chi connectivity index (χ4n) is 0.528. The molecule has 0 spiro atoms. The summed E-state index contributed by atoms with van der Waals surface area (Å²) >= 11 is 0. The molecule has 6 nitrogen and oxygen atoms in total. The van der Waals surface area contributed by atoms with Gasteiger partial charge in [-0.05, 0) is 48.0 Å². The number of hydrogen-bond acceptors (Lipinski definition) is 6. The van der Waals surface area contributed by atoms with E-state index in [1.165, 1.54) is 0 Å². The van der Waals surface area contributed by atoms with E-state index in [0.717, 1.165) is 0 Å². The van der Waals surface area contributed by atoms with E-state index in [4.69, 9.17) is 15.3 Å². The molecule has 0 bridgehead atoms. The topological polar surface area (TPSA) is 118 Å². The molecule has 3 N–H and O–H groups in total. The molecule has 0 unspecified atom stereocenters. The number of aliphatic hydroxyl groups excluding tert-OH is 3. The average molecular weight is 401 g/mol. The number of rotatable bonds is 4. The van der Waals surface area contributed by atoms with Crippen LogP contribution in [0.1, 0.15) is 67.7 Å². The van der Waals surface area contributed by atoms with Crippen molar-refractivity contribution in [2.75, 3.05) is 0 Å². The fourth-order valence-corrected chi connectivity index (χ4v) is 0.528. The minimum absolute atomic E-state index is 0.